The van der Waals surface area contributed by atoms with Crippen molar-refractivity contribution in [2.24, 2.45) is 29.6 Å². The van der Waals surface area contributed by atoms with Gasteiger partial charge in [-0.1, -0.05) is 50.7 Å². The third kappa shape index (κ3) is 4.36. The second kappa shape index (κ2) is 7.84. The van der Waals surface area contributed by atoms with Crippen LogP contribution in [0.15, 0.2) is 12.2 Å². The molecule has 21 heavy (non-hydrogen) atoms. The Bertz CT molecular complexity index is 307. The van der Waals surface area contributed by atoms with Gasteiger partial charge in [0.05, 0.1) is 0 Å². The lowest BCUT2D eigenvalue weighted by Gasteiger charge is -2.38. The van der Waals surface area contributed by atoms with Crippen LogP contribution in [0, 0.1) is 29.6 Å². The zero-order chi connectivity index (χ0) is 14.5. The summed E-state index contributed by atoms with van der Waals surface area (Å²) in [7, 11) is 0. The van der Waals surface area contributed by atoms with Crippen LogP contribution in [0.1, 0.15) is 90.4 Å². The Balaban J connectivity index is 1.37. The molecule has 0 aromatic heterocycles. The minimum Gasteiger partial charge on any atom is -0.0914 e. The van der Waals surface area contributed by atoms with E-state index in [4.69, 9.17) is 0 Å². The zero-order valence-corrected chi connectivity index (χ0v) is 14.2. The lowest BCUT2D eigenvalue weighted by atomic mass is 9.68. The first-order valence-corrected chi connectivity index (χ1v) is 9.98. The summed E-state index contributed by atoms with van der Waals surface area (Å²) in [5.74, 6) is 5.30. The monoisotopic (exact) mass is 288 g/mol. The highest BCUT2D eigenvalue weighted by Gasteiger charge is 2.31. The Morgan fingerprint density at radius 2 is 1.19 bits per heavy atom. The molecule has 0 spiro atoms. The Labute approximate surface area is 132 Å². The maximum Gasteiger partial charge on any atom is -0.0233 e. The van der Waals surface area contributed by atoms with Crippen molar-refractivity contribution in [3.63, 3.8) is 0 Å². The predicted molar refractivity (Wildman–Crippen MR) is 92.3 cm³/mol. The van der Waals surface area contributed by atoms with Crippen molar-refractivity contribution in [1.29, 1.82) is 0 Å². The molecular formula is C21H36. The molecule has 0 aromatic carbocycles. The van der Waals surface area contributed by atoms with E-state index in [1.165, 1.54) is 38.5 Å². The second-order valence-electron chi connectivity index (χ2n) is 8.37. The first-order valence-electron chi connectivity index (χ1n) is 9.98. The lowest BCUT2D eigenvalue weighted by Crippen LogP contribution is -2.26. The average Bonchev–Trinajstić information content (AvgIpc) is 3.02. The molecule has 3 fully saturated rings. The standard InChI is InChI=1S/C21H36/c1-2-5-17-8-12-20(13-9-17)21-14-10-19(11-15-21)16-18-6-3-4-7-18/h2,5,17-21H,3-4,6-16H2,1H3/b5-2+. The number of rotatable bonds is 4. The van der Waals surface area contributed by atoms with Gasteiger partial charge in [0, 0.05) is 0 Å². The molecule has 0 aromatic rings. The number of allylic oxidation sites excluding steroid dienone is 2. The van der Waals surface area contributed by atoms with Crippen LogP contribution in [0.2, 0.25) is 0 Å². The van der Waals surface area contributed by atoms with Gasteiger partial charge in [-0.25, -0.2) is 0 Å². The Morgan fingerprint density at radius 1 is 0.667 bits per heavy atom. The molecular weight excluding hydrogens is 252 g/mol. The van der Waals surface area contributed by atoms with Crippen LogP contribution in [0.4, 0.5) is 0 Å². The van der Waals surface area contributed by atoms with E-state index < -0.39 is 0 Å². The van der Waals surface area contributed by atoms with E-state index in [-0.39, 0.29) is 0 Å². The summed E-state index contributed by atoms with van der Waals surface area (Å²) >= 11 is 0. The molecule has 0 heterocycles. The van der Waals surface area contributed by atoms with E-state index >= 15 is 0 Å². The predicted octanol–water partition coefficient (Wildman–Crippen LogP) is 6.76. The van der Waals surface area contributed by atoms with Crippen LogP contribution in [-0.4, -0.2) is 0 Å². The summed E-state index contributed by atoms with van der Waals surface area (Å²) in [6, 6.07) is 0. The molecule has 0 aliphatic heterocycles. The molecule has 0 atom stereocenters. The largest absolute Gasteiger partial charge is 0.0914 e. The molecule has 3 aliphatic carbocycles. The van der Waals surface area contributed by atoms with E-state index in [1.807, 2.05) is 0 Å². The molecule has 0 unspecified atom stereocenters. The minimum atomic E-state index is 0.907. The summed E-state index contributed by atoms with van der Waals surface area (Å²) in [5, 5.41) is 0. The van der Waals surface area contributed by atoms with Crippen molar-refractivity contribution in [3.8, 4) is 0 Å². The topological polar surface area (TPSA) is 0 Å². The van der Waals surface area contributed by atoms with Crippen molar-refractivity contribution >= 4 is 0 Å². The van der Waals surface area contributed by atoms with E-state index in [0.717, 1.165) is 29.6 Å². The average molecular weight is 289 g/mol. The van der Waals surface area contributed by atoms with Crippen LogP contribution in [-0.2, 0) is 0 Å². The molecule has 0 bridgehead atoms. The van der Waals surface area contributed by atoms with Gasteiger partial charge in [0.1, 0.15) is 0 Å². The van der Waals surface area contributed by atoms with Crippen LogP contribution < -0.4 is 0 Å². The zero-order valence-electron chi connectivity index (χ0n) is 14.2. The summed E-state index contributed by atoms with van der Waals surface area (Å²) in [5.41, 5.74) is 0. The van der Waals surface area contributed by atoms with Crippen molar-refractivity contribution in [2.45, 2.75) is 90.4 Å². The number of hydrogen-bond acceptors (Lipinski definition) is 0. The molecule has 3 saturated carbocycles. The second-order valence-corrected chi connectivity index (χ2v) is 8.37. The van der Waals surface area contributed by atoms with Gasteiger partial charge in [0.2, 0.25) is 0 Å². The van der Waals surface area contributed by atoms with Gasteiger partial charge in [0.25, 0.3) is 0 Å². The third-order valence-electron chi connectivity index (χ3n) is 6.98. The number of hydrogen-bond donors (Lipinski definition) is 0. The molecule has 0 N–H and O–H groups in total. The van der Waals surface area contributed by atoms with E-state index in [1.54, 1.807) is 44.9 Å². The fourth-order valence-corrected chi connectivity index (χ4v) is 5.69. The molecule has 0 nitrogen and oxygen atoms in total. The molecule has 0 saturated heterocycles. The fraction of sp³-hybridized carbons (Fsp3) is 0.905. The van der Waals surface area contributed by atoms with Crippen molar-refractivity contribution < 1.29 is 0 Å². The molecule has 0 heteroatoms. The molecule has 120 valence electrons. The van der Waals surface area contributed by atoms with E-state index in [9.17, 15) is 0 Å². The summed E-state index contributed by atoms with van der Waals surface area (Å²) in [6.45, 7) is 2.18. The van der Waals surface area contributed by atoms with Gasteiger partial charge in [-0.2, -0.15) is 0 Å². The van der Waals surface area contributed by atoms with Crippen LogP contribution >= 0.6 is 0 Å². The Hall–Kier alpha value is -0.260. The fourth-order valence-electron chi connectivity index (χ4n) is 5.69. The van der Waals surface area contributed by atoms with Crippen LogP contribution in [0.3, 0.4) is 0 Å². The molecule has 0 radical (unpaired) electrons. The highest BCUT2D eigenvalue weighted by atomic mass is 14.4. The molecule has 0 amide bonds. The van der Waals surface area contributed by atoms with E-state index in [0.29, 0.717) is 0 Å². The first-order chi connectivity index (χ1) is 10.3. The van der Waals surface area contributed by atoms with Crippen LogP contribution in [0.25, 0.3) is 0 Å². The minimum absolute atomic E-state index is 0.907. The Morgan fingerprint density at radius 3 is 1.76 bits per heavy atom. The highest BCUT2D eigenvalue weighted by molar-refractivity contribution is 4.90. The maximum absolute atomic E-state index is 2.45. The molecule has 3 rings (SSSR count). The van der Waals surface area contributed by atoms with Gasteiger partial charge >= 0.3 is 0 Å². The maximum atomic E-state index is 2.45. The van der Waals surface area contributed by atoms with Crippen LogP contribution in [0.5, 0.6) is 0 Å². The summed E-state index contributed by atoms with van der Waals surface area (Å²) in [6.07, 6.45) is 24.7. The summed E-state index contributed by atoms with van der Waals surface area (Å²) in [4.78, 5) is 0. The van der Waals surface area contributed by atoms with Gasteiger partial charge in [-0.15, -0.1) is 0 Å². The van der Waals surface area contributed by atoms with Gasteiger partial charge in [-0.3, -0.25) is 0 Å². The lowest BCUT2D eigenvalue weighted by molar-refractivity contribution is 0.145. The van der Waals surface area contributed by atoms with Gasteiger partial charge in [0.15, 0.2) is 0 Å². The highest BCUT2D eigenvalue weighted by Crippen LogP contribution is 2.43. The van der Waals surface area contributed by atoms with E-state index in [2.05, 4.69) is 19.1 Å². The normalized spacial score (nSPS) is 39.1. The Kier molecular flexibility index (Phi) is 5.83. The van der Waals surface area contributed by atoms with Crippen molar-refractivity contribution in [3.05, 3.63) is 12.2 Å². The molecule has 3 aliphatic rings. The van der Waals surface area contributed by atoms with Gasteiger partial charge in [-0.05, 0) is 81.5 Å². The summed E-state index contributed by atoms with van der Waals surface area (Å²) < 4.78 is 0. The van der Waals surface area contributed by atoms with Crippen molar-refractivity contribution in [1.82, 2.24) is 0 Å². The quantitative estimate of drug-likeness (QED) is 0.501. The smallest absolute Gasteiger partial charge is 0.0233 e. The first kappa shape index (κ1) is 15.6. The third-order valence-corrected chi connectivity index (χ3v) is 6.98. The van der Waals surface area contributed by atoms with Crippen molar-refractivity contribution in [2.75, 3.05) is 0 Å². The van der Waals surface area contributed by atoms with Gasteiger partial charge < -0.3 is 0 Å². The SMILES string of the molecule is C/C=C/C1CCC(C2CCC(CC3CCCC3)CC2)CC1.